The van der Waals surface area contributed by atoms with Gasteiger partial charge in [0.05, 0.1) is 0 Å². The summed E-state index contributed by atoms with van der Waals surface area (Å²) < 4.78 is 18.9. The van der Waals surface area contributed by atoms with Gasteiger partial charge in [-0.2, -0.15) is 0 Å². The van der Waals surface area contributed by atoms with E-state index in [1.54, 1.807) is 6.07 Å². The molecule has 3 nitrogen and oxygen atoms in total. The van der Waals surface area contributed by atoms with E-state index in [2.05, 4.69) is 21.2 Å². The van der Waals surface area contributed by atoms with Gasteiger partial charge in [0.15, 0.2) is 6.61 Å². The maximum Gasteiger partial charge on any atom is 0.258 e. The van der Waals surface area contributed by atoms with E-state index >= 15 is 0 Å². The van der Waals surface area contributed by atoms with Crippen LogP contribution in [0.3, 0.4) is 0 Å². The summed E-state index contributed by atoms with van der Waals surface area (Å²) in [6, 6.07) is 4.26. The Bertz CT molecular complexity index is 403. The van der Waals surface area contributed by atoms with Crippen LogP contribution in [-0.4, -0.2) is 18.6 Å². The summed E-state index contributed by atoms with van der Waals surface area (Å²) in [5, 5.41) is 2.81. The van der Waals surface area contributed by atoms with Crippen molar-refractivity contribution in [1.82, 2.24) is 5.32 Å². The minimum Gasteiger partial charge on any atom is -0.484 e. The molecule has 0 aromatic heterocycles. The summed E-state index contributed by atoms with van der Waals surface area (Å²) in [6.07, 6.45) is 0. The number of nitrogens with one attached hydrogen (secondary N) is 1. The van der Waals surface area contributed by atoms with Crippen LogP contribution in [0.1, 0.15) is 20.8 Å². The standard InChI is InChI=1S/C13H17BrFNO2/c1-8(2)9(3)16-13(17)7-18-12-5-10(14)4-11(15)6-12/h4-6,8-9H,7H2,1-3H3,(H,16,17). The highest BCUT2D eigenvalue weighted by atomic mass is 79.9. The maximum atomic E-state index is 13.1. The van der Waals surface area contributed by atoms with Crippen LogP contribution >= 0.6 is 15.9 Å². The molecule has 1 aromatic carbocycles. The molecule has 1 atom stereocenters. The largest absolute Gasteiger partial charge is 0.484 e. The number of carbonyl (C=O) groups is 1. The van der Waals surface area contributed by atoms with Crippen molar-refractivity contribution in [3.63, 3.8) is 0 Å². The van der Waals surface area contributed by atoms with Crippen LogP contribution in [0.15, 0.2) is 22.7 Å². The molecule has 0 saturated heterocycles. The van der Waals surface area contributed by atoms with Crippen LogP contribution in [0.25, 0.3) is 0 Å². The van der Waals surface area contributed by atoms with Crippen molar-refractivity contribution in [3.8, 4) is 5.75 Å². The second kappa shape index (κ2) is 6.73. The van der Waals surface area contributed by atoms with Gasteiger partial charge in [-0.1, -0.05) is 29.8 Å². The summed E-state index contributed by atoms with van der Waals surface area (Å²) in [4.78, 5) is 11.6. The highest BCUT2D eigenvalue weighted by molar-refractivity contribution is 9.10. The fraction of sp³-hybridized carbons (Fsp3) is 0.462. The first-order valence-electron chi connectivity index (χ1n) is 5.76. The third-order valence-corrected chi connectivity index (χ3v) is 3.05. The molecular formula is C13H17BrFNO2. The minimum absolute atomic E-state index is 0.0837. The van der Waals surface area contributed by atoms with Gasteiger partial charge in [0.25, 0.3) is 5.91 Å². The van der Waals surface area contributed by atoms with E-state index in [0.717, 1.165) is 0 Å². The molecule has 1 unspecified atom stereocenters. The van der Waals surface area contributed by atoms with Gasteiger partial charge in [-0.3, -0.25) is 4.79 Å². The molecule has 0 heterocycles. The summed E-state index contributed by atoms with van der Waals surface area (Å²) in [6.45, 7) is 5.86. The van der Waals surface area contributed by atoms with Crippen molar-refractivity contribution < 1.29 is 13.9 Å². The van der Waals surface area contributed by atoms with Crippen molar-refractivity contribution in [2.24, 2.45) is 5.92 Å². The zero-order valence-electron chi connectivity index (χ0n) is 10.7. The lowest BCUT2D eigenvalue weighted by Gasteiger charge is -2.17. The Hall–Kier alpha value is -1.10. The van der Waals surface area contributed by atoms with E-state index in [1.165, 1.54) is 12.1 Å². The van der Waals surface area contributed by atoms with Gasteiger partial charge >= 0.3 is 0 Å². The second-order valence-corrected chi connectivity index (χ2v) is 5.41. The van der Waals surface area contributed by atoms with Gasteiger partial charge in [0.1, 0.15) is 11.6 Å². The molecule has 100 valence electrons. The lowest BCUT2D eigenvalue weighted by molar-refractivity contribution is -0.124. The van der Waals surface area contributed by atoms with Crippen molar-refractivity contribution >= 4 is 21.8 Å². The molecule has 1 rings (SSSR count). The molecule has 1 N–H and O–H groups in total. The third kappa shape index (κ3) is 5.04. The van der Waals surface area contributed by atoms with Crippen LogP contribution < -0.4 is 10.1 Å². The van der Waals surface area contributed by atoms with E-state index in [0.29, 0.717) is 16.1 Å². The highest BCUT2D eigenvalue weighted by Gasteiger charge is 2.11. The Kier molecular flexibility index (Phi) is 5.59. The average molecular weight is 318 g/mol. The van der Waals surface area contributed by atoms with Gasteiger partial charge in [0.2, 0.25) is 0 Å². The van der Waals surface area contributed by atoms with Crippen molar-refractivity contribution in [2.45, 2.75) is 26.8 Å². The zero-order valence-corrected chi connectivity index (χ0v) is 12.3. The topological polar surface area (TPSA) is 38.3 Å². The molecule has 1 amide bonds. The predicted molar refractivity (Wildman–Crippen MR) is 72.0 cm³/mol. The Morgan fingerprint density at radius 2 is 2.06 bits per heavy atom. The van der Waals surface area contributed by atoms with Crippen LogP contribution in [0.5, 0.6) is 5.75 Å². The molecule has 1 aromatic rings. The van der Waals surface area contributed by atoms with Gasteiger partial charge < -0.3 is 10.1 Å². The summed E-state index contributed by atoms with van der Waals surface area (Å²) in [7, 11) is 0. The molecule has 0 saturated carbocycles. The zero-order chi connectivity index (χ0) is 13.7. The molecule has 0 spiro atoms. The molecule has 0 aliphatic heterocycles. The molecule has 0 fully saturated rings. The van der Waals surface area contributed by atoms with E-state index < -0.39 is 5.82 Å². The van der Waals surface area contributed by atoms with Gasteiger partial charge in [-0.05, 0) is 25.0 Å². The third-order valence-electron chi connectivity index (χ3n) is 2.59. The monoisotopic (exact) mass is 317 g/mol. The normalized spacial score (nSPS) is 12.3. The Labute approximate surface area is 115 Å². The van der Waals surface area contributed by atoms with Crippen LogP contribution in [0, 0.1) is 11.7 Å². The number of benzene rings is 1. The number of hydrogen-bond donors (Lipinski definition) is 1. The smallest absolute Gasteiger partial charge is 0.258 e. The summed E-state index contributed by atoms with van der Waals surface area (Å²) in [5.74, 6) is 0.0680. The highest BCUT2D eigenvalue weighted by Crippen LogP contribution is 2.20. The second-order valence-electron chi connectivity index (χ2n) is 4.49. The SMILES string of the molecule is CC(C)C(C)NC(=O)COc1cc(F)cc(Br)c1. The molecule has 0 bridgehead atoms. The average Bonchev–Trinajstić information content (AvgIpc) is 2.25. The first-order chi connectivity index (χ1) is 8.38. The summed E-state index contributed by atoms with van der Waals surface area (Å²) in [5.41, 5.74) is 0. The Morgan fingerprint density at radius 3 is 2.61 bits per heavy atom. The summed E-state index contributed by atoms with van der Waals surface area (Å²) >= 11 is 3.16. The first kappa shape index (κ1) is 15.0. The van der Waals surface area contributed by atoms with Gasteiger partial charge in [0, 0.05) is 16.6 Å². The quantitative estimate of drug-likeness (QED) is 0.906. The number of hydrogen-bond acceptors (Lipinski definition) is 2. The minimum atomic E-state index is -0.407. The first-order valence-corrected chi connectivity index (χ1v) is 6.56. The number of rotatable bonds is 5. The number of halogens is 2. The van der Waals surface area contributed by atoms with Crippen molar-refractivity contribution in [3.05, 3.63) is 28.5 Å². The van der Waals surface area contributed by atoms with E-state index in [4.69, 9.17) is 4.74 Å². The molecular weight excluding hydrogens is 301 g/mol. The number of carbonyl (C=O) groups excluding carboxylic acids is 1. The lowest BCUT2D eigenvalue weighted by Crippen LogP contribution is -2.38. The number of amides is 1. The van der Waals surface area contributed by atoms with E-state index in [9.17, 15) is 9.18 Å². The van der Waals surface area contributed by atoms with Crippen molar-refractivity contribution in [1.29, 1.82) is 0 Å². The van der Waals surface area contributed by atoms with E-state index in [-0.39, 0.29) is 18.6 Å². The van der Waals surface area contributed by atoms with Crippen LogP contribution in [0.4, 0.5) is 4.39 Å². The Balaban J connectivity index is 2.47. The lowest BCUT2D eigenvalue weighted by atomic mass is 10.1. The van der Waals surface area contributed by atoms with Crippen LogP contribution in [-0.2, 0) is 4.79 Å². The number of ether oxygens (including phenoxy) is 1. The van der Waals surface area contributed by atoms with E-state index in [1.807, 2.05) is 20.8 Å². The fourth-order valence-electron chi connectivity index (χ4n) is 1.22. The molecule has 0 radical (unpaired) electrons. The fourth-order valence-corrected chi connectivity index (χ4v) is 1.67. The molecule has 5 heteroatoms. The maximum absolute atomic E-state index is 13.1. The Morgan fingerprint density at radius 1 is 1.39 bits per heavy atom. The van der Waals surface area contributed by atoms with Crippen LogP contribution in [0.2, 0.25) is 0 Å². The van der Waals surface area contributed by atoms with Gasteiger partial charge in [-0.25, -0.2) is 4.39 Å². The van der Waals surface area contributed by atoms with Gasteiger partial charge in [-0.15, -0.1) is 0 Å². The molecule has 0 aliphatic rings. The van der Waals surface area contributed by atoms with Crippen molar-refractivity contribution in [2.75, 3.05) is 6.61 Å². The predicted octanol–water partition coefficient (Wildman–Crippen LogP) is 3.13. The molecule has 0 aliphatic carbocycles. The molecule has 18 heavy (non-hydrogen) atoms.